The number of ether oxygens (including phenoxy) is 1. The van der Waals surface area contributed by atoms with Gasteiger partial charge in [-0.05, 0) is 24.3 Å². The second kappa shape index (κ2) is 6.79. The Morgan fingerprint density at radius 2 is 1.91 bits per heavy atom. The number of halogens is 3. The van der Waals surface area contributed by atoms with Gasteiger partial charge in [0.25, 0.3) is 0 Å². The highest BCUT2D eigenvalue weighted by Gasteiger charge is 2.32. The lowest BCUT2D eigenvalue weighted by atomic mass is 10.3. The molecule has 0 bridgehead atoms. The van der Waals surface area contributed by atoms with E-state index < -0.39 is 6.36 Å². The van der Waals surface area contributed by atoms with Crippen molar-refractivity contribution in [3.05, 3.63) is 54.4 Å². The molecular formula is C14H13F3N4O. The maximum atomic E-state index is 12.3. The van der Waals surface area contributed by atoms with Crippen LogP contribution in [0.15, 0.2) is 53.7 Å². The first-order valence-electron chi connectivity index (χ1n) is 6.26. The Bertz CT molecular complexity index is 644. The van der Waals surface area contributed by atoms with E-state index in [1.165, 1.54) is 18.2 Å². The third-order valence-electron chi connectivity index (χ3n) is 2.51. The van der Waals surface area contributed by atoms with Crippen molar-refractivity contribution < 1.29 is 17.9 Å². The van der Waals surface area contributed by atoms with E-state index in [0.29, 0.717) is 5.69 Å². The van der Waals surface area contributed by atoms with Crippen molar-refractivity contribution in [2.24, 2.45) is 10.7 Å². The molecule has 1 aromatic carbocycles. The number of guanidine groups is 1. The second-order valence-corrected chi connectivity index (χ2v) is 4.19. The van der Waals surface area contributed by atoms with Crippen molar-refractivity contribution in [3.63, 3.8) is 0 Å². The predicted octanol–water partition coefficient (Wildman–Crippen LogP) is 2.91. The highest BCUT2D eigenvalue weighted by molar-refractivity contribution is 5.93. The van der Waals surface area contributed by atoms with Crippen molar-refractivity contribution in [2.75, 3.05) is 5.32 Å². The van der Waals surface area contributed by atoms with Crippen LogP contribution in [0.25, 0.3) is 0 Å². The number of aliphatic imine (C=N–C) groups is 1. The molecule has 0 spiro atoms. The van der Waals surface area contributed by atoms with E-state index in [4.69, 9.17) is 5.73 Å². The number of benzene rings is 1. The predicted molar refractivity (Wildman–Crippen MR) is 76.3 cm³/mol. The molecule has 0 saturated carbocycles. The van der Waals surface area contributed by atoms with E-state index in [-0.39, 0.29) is 23.9 Å². The van der Waals surface area contributed by atoms with Crippen LogP contribution in [0.3, 0.4) is 0 Å². The number of hydrogen-bond acceptors (Lipinski definition) is 3. The van der Waals surface area contributed by atoms with Gasteiger partial charge in [0, 0.05) is 6.20 Å². The van der Waals surface area contributed by atoms with Crippen LogP contribution < -0.4 is 15.8 Å². The number of nitrogens with two attached hydrogens (primary N) is 1. The first-order chi connectivity index (χ1) is 10.4. The highest BCUT2D eigenvalue weighted by atomic mass is 19.4. The van der Waals surface area contributed by atoms with Crippen LogP contribution in [0.2, 0.25) is 0 Å². The summed E-state index contributed by atoms with van der Waals surface area (Å²) < 4.78 is 40.8. The Morgan fingerprint density at radius 3 is 2.59 bits per heavy atom. The van der Waals surface area contributed by atoms with Crippen LogP contribution in [-0.2, 0) is 6.54 Å². The molecule has 0 amide bonds. The fourth-order valence-electron chi connectivity index (χ4n) is 1.62. The molecule has 0 aliphatic carbocycles. The van der Waals surface area contributed by atoms with Gasteiger partial charge in [0.1, 0.15) is 0 Å². The standard InChI is InChI=1S/C14H13F3N4O/c15-14(16,17)22-12-7-2-1-6-11(12)21-13(18)20-9-10-5-3-4-8-19-10/h1-8H,9H2,(H3,18,20,21). The summed E-state index contributed by atoms with van der Waals surface area (Å²) in [4.78, 5) is 8.07. The highest BCUT2D eigenvalue weighted by Crippen LogP contribution is 2.29. The minimum absolute atomic E-state index is 0.0381. The fourth-order valence-corrected chi connectivity index (χ4v) is 1.62. The number of aromatic nitrogens is 1. The van der Waals surface area contributed by atoms with Crippen molar-refractivity contribution in [2.45, 2.75) is 12.9 Å². The first kappa shape index (κ1) is 15.6. The van der Waals surface area contributed by atoms with Crippen molar-refractivity contribution in [1.29, 1.82) is 0 Å². The second-order valence-electron chi connectivity index (χ2n) is 4.19. The molecule has 2 rings (SSSR count). The number of pyridine rings is 1. The van der Waals surface area contributed by atoms with E-state index in [0.717, 1.165) is 0 Å². The molecule has 8 heteroatoms. The topological polar surface area (TPSA) is 72.5 Å². The Labute approximate surface area is 124 Å². The number of para-hydroxylation sites is 2. The molecule has 2 aromatic rings. The third-order valence-corrected chi connectivity index (χ3v) is 2.51. The monoisotopic (exact) mass is 310 g/mol. The average Bonchev–Trinajstić information content (AvgIpc) is 2.47. The van der Waals surface area contributed by atoms with Gasteiger partial charge in [-0.25, -0.2) is 4.99 Å². The van der Waals surface area contributed by atoms with Gasteiger partial charge in [-0.15, -0.1) is 13.2 Å². The Balaban J connectivity index is 2.06. The van der Waals surface area contributed by atoms with Gasteiger partial charge < -0.3 is 15.8 Å². The molecule has 116 valence electrons. The van der Waals surface area contributed by atoms with Crippen LogP contribution >= 0.6 is 0 Å². The van der Waals surface area contributed by atoms with Crippen molar-refractivity contribution in [3.8, 4) is 5.75 Å². The van der Waals surface area contributed by atoms with Gasteiger partial charge in [0.05, 0.1) is 17.9 Å². The molecule has 0 aliphatic rings. The van der Waals surface area contributed by atoms with Crippen LogP contribution in [0.5, 0.6) is 5.75 Å². The summed E-state index contributed by atoms with van der Waals surface area (Å²) in [5.74, 6) is -0.421. The summed E-state index contributed by atoms with van der Waals surface area (Å²) in [6, 6.07) is 10.9. The zero-order valence-corrected chi connectivity index (χ0v) is 11.3. The Morgan fingerprint density at radius 1 is 1.18 bits per heavy atom. The maximum absolute atomic E-state index is 12.3. The smallest absolute Gasteiger partial charge is 0.404 e. The molecular weight excluding hydrogens is 297 g/mol. The molecule has 0 fully saturated rings. The van der Waals surface area contributed by atoms with Gasteiger partial charge in [-0.2, -0.15) is 0 Å². The molecule has 22 heavy (non-hydrogen) atoms. The lowest BCUT2D eigenvalue weighted by molar-refractivity contribution is -0.274. The minimum atomic E-state index is -4.78. The molecule has 0 saturated heterocycles. The van der Waals surface area contributed by atoms with Gasteiger partial charge in [-0.1, -0.05) is 18.2 Å². The van der Waals surface area contributed by atoms with Gasteiger partial charge in [-0.3, -0.25) is 4.98 Å². The SMILES string of the molecule is NC(=NCc1ccccn1)Nc1ccccc1OC(F)(F)F. The number of anilines is 1. The maximum Gasteiger partial charge on any atom is 0.573 e. The van der Waals surface area contributed by atoms with E-state index in [1.807, 2.05) is 0 Å². The normalized spacial score (nSPS) is 12.0. The zero-order valence-electron chi connectivity index (χ0n) is 11.3. The molecule has 1 heterocycles. The lowest BCUT2D eigenvalue weighted by Crippen LogP contribution is -2.24. The van der Waals surface area contributed by atoms with Crippen LogP contribution in [0, 0.1) is 0 Å². The molecule has 1 aromatic heterocycles. The molecule has 0 aliphatic heterocycles. The number of rotatable bonds is 4. The van der Waals surface area contributed by atoms with E-state index in [1.54, 1.807) is 30.5 Å². The number of hydrogen-bond donors (Lipinski definition) is 2. The summed E-state index contributed by atoms with van der Waals surface area (Å²) in [5.41, 5.74) is 6.42. The van der Waals surface area contributed by atoms with Gasteiger partial charge >= 0.3 is 6.36 Å². The van der Waals surface area contributed by atoms with Crippen molar-refractivity contribution in [1.82, 2.24) is 4.98 Å². The zero-order chi connectivity index (χ0) is 16.0. The molecule has 5 nitrogen and oxygen atoms in total. The van der Waals surface area contributed by atoms with Crippen LogP contribution in [0.4, 0.5) is 18.9 Å². The van der Waals surface area contributed by atoms with Gasteiger partial charge in [0.15, 0.2) is 11.7 Å². The number of nitrogens with zero attached hydrogens (tertiary/aromatic N) is 2. The van der Waals surface area contributed by atoms with Crippen LogP contribution in [-0.4, -0.2) is 17.3 Å². The fraction of sp³-hybridized carbons (Fsp3) is 0.143. The molecule has 0 unspecified atom stereocenters. The Hall–Kier alpha value is -2.77. The summed E-state index contributed by atoms with van der Waals surface area (Å²) >= 11 is 0. The number of nitrogens with one attached hydrogen (secondary N) is 1. The van der Waals surface area contributed by atoms with Gasteiger partial charge in [0.2, 0.25) is 0 Å². The first-order valence-corrected chi connectivity index (χ1v) is 6.26. The molecule has 0 radical (unpaired) electrons. The third kappa shape index (κ3) is 4.97. The van der Waals surface area contributed by atoms with E-state index in [9.17, 15) is 13.2 Å². The largest absolute Gasteiger partial charge is 0.573 e. The lowest BCUT2D eigenvalue weighted by Gasteiger charge is -2.14. The summed E-state index contributed by atoms with van der Waals surface area (Å²) in [7, 11) is 0. The summed E-state index contributed by atoms with van der Waals surface area (Å²) in [6.07, 6.45) is -3.17. The average molecular weight is 310 g/mol. The molecule has 0 atom stereocenters. The quantitative estimate of drug-likeness (QED) is 0.673. The number of alkyl halides is 3. The van der Waals surface area contributed by atoms with Crippen LogP contribution in [0.1, 0.15) is 5.69 Å². The van der Waals surface area contributed by atoms with Crippen molar-refractivity contribution >= 4 is 11.6 Å². The minimum Gasteiger partial charge on any atom is -0.404 e. The summed E-state index contributed by atoms with van der Waals surface area (Å²) in [6.45, 7) is 0.210. The molecule has 3 N–H and O–H groups in total. The summed E-state index contributed by atoms with van der Waals surface area (Å²) in [5, 5.41) is 2.58. The Kier molecular flexibility index (Phi) is 4.82. The van der Waals surface area contributed by atoms with E-state index >= 15 is 0 Å². The van der Waals surface area contributed by atoms with E-state index in [2.05, 4.69) is 20.0 Å².